The molecule has 1 N–H and O–H groups in total. The van der Waals surface area contributed by atoms with Gasteiger partial charge >= 0.3 is 0 Å². The van der Waals surface area contributed by atoms with Gasteiger partial charge in [0.1, 0.15) is 12.4 Å². The van der Waals surface area contributed by atoms with Crippen molar-refractivity contribution in [3.63, 3.8) is 0 Å². The molecule has 0 aliphatic carbocycles. The average Bonchev–Trinajstić information content (AvgIpc) is 3.25. The van der Waals surface area contributed by atoms with Crippen molar-refractivity contribution in [2.45, 2.75) is 20.8 Å². The Morgan fingerprint density at radius 1 is 1.03 bits per heavy atom. The van der Waals surface area contributed by atoms with E-state index in [-0.39, 0.29) is 30.2 Å². The van der Waals surface area contributed by atoms with Crippen molar-refractivity contribution in [2.24, 2.45) is 0 Å². The first-order valence-electron chi connectivity index (χ1n) is 10.8. The summed E-state index contributed by atoms with van der Waals surface area (Å²) in [5.74, 6) is 0.113. The lowest BCUT2D eigenvalue weighted by Gasteiger charge is -2.13. The minimum absolute atomic E-state index is 0.169. The molecule has 8 heteroatoms. The van der Waals surface area contributed by atoms with E-state index in [0.29, 0.717) is 16.2 Å². The average molecular weight is 476 g/mol. The zero-order valence-corrected chi connectivity index (χ0v) is 20.0. The SMILES string of the molecule is Cc1ccc(OCCN2C(=O)S/C(=C\c3cc(C)n(NC(=O)c4ccccc4)c3C)C2=O)cc1. The highest BCUT2D eigenvalue weighted by Gasteiger charge is 2.35. The summed E-state index contributed by atoms with van der Waals surface area (Å²) in [6, 6.07) is 18.4. The van der Waals surface area contributed by atoms with Crippen LogP contribution < -0.4 is 10.2 Å². The maximum atomic E-state index is 12.9. The zero-order valence-electron chi connectivity index (χ0n) is 19.2. The second kappa shape index (κ2) is 10.0. The molecular weight excluding hydrogens is 450 g/mol. The van der Waals surface area contributed by atoms with Crippen LogP contribution in [-0.2, 0) is 4.79 Å². The molecule has 3 aromatic rings. The van der Waals surface area contributed by atoms with E-state index in [9.17, 15) is 14.4 Å². The van der Waals surface area contributed by atoms with Gasteiger partial charge in [-0.25, -0.2) is 0 Å². The Hall–Kier alpha value is -3.78. The first-order valence-corrected chi connectivity index (χ1v) is 11.7. The van der Waals surface area contributed by atoms with Gasteiger partial charge in [0.15, 0.2) is 0 Å². The second-order valence-corrected chi connectivity index (χ2v) is 8.96. The number of hydrogen-bond donors (Lipinski definition) is 1. The summed E-state index contributed by atoms with van der Waals surface area (Å²) in [4.78, 5) is 39.4. The van der Waals surface area contributed by atoms with Gasteiger partial charge in [0.2, 0.25) is 0 Å². The molecule has 2 heterocycles. The van der Waals surface area contributed by atoms with E-state index < -0.39 is 0 Å². The Morgan fingerprint density at radius 2 is 1.74 bits per heavy atom. The predicted octanol–water partition coefficient (Wildman–Crippen LogP) is 4.91. The summed E-state index contributed by atoms with van der Waals surface area (Å²) in [6.45, 7) is 6.09. The molecule has 3 amide bonds. The number of aryl methyl sites for hydroxylation is 2. The molecule has 1 fully saturated rings. The summed E-state index contributed by atoms with van der Waals surface area (Å²) in [5.41, 5.74) is 6.87. The molecule has 0 atom stereocenters. The van der Waals surface area contributed by atoms with Crippen LogP contribution in [0.1, 0.15) is 32.9 Å². The number of carbonyl (C=O) groups is 3. The third-order valence-corrected chi connectivity index (χ3v) is 6.39. The highest BCUT2D eigenvalue weighted by Crippen LogP contribution is 2.33. The van der Waals surface area contributed by atoms with Crippen LogP contribution in [0.2, 0.25) is 0 Å². The smallest absolute Gasteiger partial charge is 0.293 e. The number of carbonyl (C=O) groups excluding carboxylic acids is 3. The first kappa shape index (κ1) is 23.4. The van der Waals surface area contributed by atoms with Crippen molar-refractivity contribution in [1.29, 1.82) is 0 Å². The number of rotatable bonds is 7. The highest BCUT2D eigenvalue weighted by atomic mass is 32.2. The number of hydrogen-bond acceptors (Lipinski definition) is 5. The Bertz CT molecular complexity index is 1260. The molecular formula is C26H25N3O4S. The molecule has 0 saturated carbocycles. The van der Waals surface area contributed by atoms with E-state index in [1.165, 1.54) is 4.90 Å². The molecule has 2 aromatic carbocycles. The summed E-state index contributed by atoms with van der Waals surface area (Å²) < 4.78 is 7.35. The van der Waals surface area contributed by atoms with E-state index >= 15 is 0 Å². The van der Waals surface area contributed by atoms with Crippen LogP contribution in [-0.4, -0.2) is 39.8 Å². The summed E-state index contributed by atoms with van der Waals surface area (Å²) in [6.07, 6.45) is 1.69. The van der Waals surface area contributed by atoms with Crippen molar-refractivity contribution in [3.05, 3.63) is 93.6 Å². The van der Waals surface area contributed by atoms with E-state index in [1.807, 2.05) is 57.2 Å². The summed E-state index contributed by atoms with van der Waals surface area (Å²) in [7, 11) is 0. The Kier molecular flexibility index (Phi) is 6.88. The first-order chi connectivity index (χ1) is 16.3. The quantitative estimate of drug-likeness (QED) is 0.491. The number of ether oxygens (including phenoxy) is 1. The van der Waals surface area contributed by atoms with Gasteiger partial charge < -0.3 is 4.74 Å². The fourth-order valence-corrected chi connectivity index (χ4v) is 4.44. The number of benzene rings is 2. The Balaban J connectivity index is 1.44. The lowest BCUT2D eigenvalue weighted by atomic mass is 10.2. The molecule has 4 rings (SSSR count). The topological polar surface area (TPSA) is 80.6 Å². The fourth-order valence-electron chi connectivity index (χ4n) is 3.58. The molecule has 1 saturated heterocycles. The maximum Gasteiger partial charge on any atom is 0.293 e. The van der Waals surface area contributed by atoms with E-state index in [2.05, 4.69) is 5.43 Å². The van der Waals surface area contributed by atoms with Gasteiger partial charge in [-0.15, -0.1) is 0 Å². The van der Waals surface area contributed by atoms with Gasteiger partial charge in [0.25, 0.3) is 17.1 Å². The fraction of sp³-hybridized carbons (Fsp3) is 0.192. The van der Waals surface area contributed by atoms with Crippen LogP contribution in [0.5, 0.6) is 5.75 Å². The second-order valence-electron chi connectivity index (χ2n) is 7.96. The van der Waals surface area contributed by atoms with E-state index in [0.717, 1.165) is 34.3 Å². The highest BCUT2D eigenvalue weighted by molar-refractivity contribution is 8.18. The number of aromatic nitrogens is 1. The van der Waals surface area contributed by atoms with Gasteiger partial charge in [-0.05, 0) is 74.5 Å². The number of nitrogens with zero attached hydrogens (tertiary/aromatic N) is 2. The Labute approximate surface area is 202 Å². The van der Waals surface area contributed by atoms with Crippen molar-refractivity contribution >= 4 is 34.9 Å². The zero-order chi connectivity index (χ0) is 24.2. The molecule has 0 spiro atoms. The van der Waals surface area contributed by atoms with Crippen molar-refractivity contribution < 1.29 is 19.1 Å². The van der Waals surface area contributed by atoms with Gasteiger partial charge in [-0.2, -0.15) is 0 Å². The standard InChI is InChI=1S/C26H25N3O4S/c1-17-9-11-22(12-10-17)33-14-13-28-25(31)23(34-26(28)32)16-21-15-18(2)29(19(21)3)27-24(30)20-7-5-4-6-8-20/h4-12,15-16H,13-14H2,1-3H3,(H,27,30)/b23-16-. The summed E-state index contributed by atoms with van der Waals surface area (Å²) >= 11 is 0.906. The molecule has 1 aliphatic rings. The van der Waals surface area contributed by atoms with E-state index in [4.69, 9.17) is 4.74 Å². The van der Waals surface area contributed by atoms with Crippen LogP contribution in [0.25, 0.3) is 6.08 Å². The lowest BCUT2D eigenvalue weighted by molar-refractivity contribution is -0.123. The van der Waals surface area contributed by atoms with Crippen molar-refractivity contribution in [2.75, 3.05) is 18.6 Å². The van der Waals surface area contributed by atoms with E-state index in [1.54, 1.807) is 35.0 Å². The van der Waals surface area contributed by atoms with Gasteiger partial charge in [0, 0.05) is 17.0 Å². The number of imide groups is 1. The van der Waals surface area contributed by atoms with Gasteiger partial charge in [-0.1, -0.05) is 35.9 Å². The van der Waals surface area contributed by atoms with Crippen LogP contribution in [0.3, 0.4) is 0 Å². The molecule has 7 nitrogen and oxygen atoms in total. The molecule has 1 aromatic heterocycles. The van der Waals surface area contributed by atoms with Gasteiger partial charge in [-0.3, -0.25) is 29.4 Å². The maximum absolute atomic E-state index is 12.9. The van der Waals surface area contributed by atoms with Gasteiger partial charge in [0.05, 0.1) is 11.4 Å². The molecule has 174 valence electrons. The number of thioether (sulfide) groups is 1. The lowest BCUT2D eigenvalue weighted by Crippen LogP contribution is -2.32. The molecule has 1 aliphatic heterocycles. The number of amides is 3. The summed E-state index contributed by atoms with van der Waals surface area (Å²) in [5, 5.41) is -0.324. The third-order valence-electron chi connectivity index (χ3n) is 5.48. The molecule has 0 radical (unpaired) electrons. The minimum atomic E-state index is -0.347. The van der Waals surface area contributed by atoms with Crippen molar-refractivity contribution in [3.8, 4) is 5.75 Å². The van der Waals surface area contributed by atoms with Crippen LogP contribution in [0, 0.1) is 20.8 Å². The van der Waals surface area contributed by atoms with Crippen LogP contribution in [0.15, 0.2) is 65.6 Å². The monoisotopic (exact) mass is 475 g/mol. The molecule has 0 bridgehead atoms. The minimum Gasteiger partial charge on any atom is -0.492 e. The normalized spacial score (nSPS) is 14.7. The third kappa shape index (κ3) is 5.07. The Morgan fingerprint density at radius 3 is 2.44 bits per heavy atom. The molecule has 0 unspecified atom stereocenters. The molecule has 34 heavy (non-hydrogen) atoms. The number of nitrogens with one attached hydrogen (secondary N) is 1. The van der Waals surface area contributed by atoms with Crippen LogP contribution >= 0.6 is 11.8 Å². The van der Waals surface area contributed by atoms with Crippen molar-refractivity contribution in [1.82, 2.24) is 9.58 Å². The predicted molar refractivity (Wildman–Crippen MR) is 133 cm³/mol. The largest absolute Gasteiger partial charge is 0.492 e. The van der Waals surface area contributed by atoms with Crippen LogP contribution in [0.4, 0.5) is 4.79 Å².